The van der Waals surface area contributed by atoms with E-state index in [9.17, 15) is 18.4 Å². The van der Waals surface area contributed by atoms with E-state index in [-0.39, 0.29) is 18.5 Å². The van der Waals surface area contributed by atoms with Gasteiger partial charge in [0.05, 0.1) is 0 Å². The van der Waals surface area contributed by atoms with Crippen molar-refractivity contribution in [1.29, 1.82) is 0 Å². The first-order valence-corrected chi connectivity index (χ1v) is 5.65. The number of hydrogen-bond donors (Lipinski definition) is 3. The number of carbonyl (C=O) groups is 2. The van der Waals surface area contributed by atoms with Gasteiger partial charge in [-0.15, -0.1) is 0 Å². The predicted octanol–water partition coefficient (Wildman–Crippen LogP) is 1.63. The number of carbonyl (C=O) groups excluding carboxylic acids is 1. The Hall–Kier alpha value is -2.18. The Morgan fingerprint density at radius 1 is 1.37 bits per heavy atom. The summed E-state index contributed by atoms with van der Waals surface area (Å²) in [6, 6.07) is 1.26. The predicted molar refractivity (Wildman–Crippen MR) is 63.4 cm³/mol. The minimum atomic E-state index is -1.15. The normalized spacial score (nSPS) is 11.7. The molecule has 0 unspecified atom stereocenters. The molecule has 0 saturated carbocycles. The molecule has 1 aromatic rings. The SMILES string of the molecule is CC[C@@H](NC(=O)NCc1ccc(F)cc1F)C(=O)O. The quantitative estimate of drug-likeness (QED) is 0.762. The second-order valence-corrected chi connectivity index (χ2v) is 3.86. The lowest BCUT2D eigenvalue weighted by molar-refractivity contribution is -0.139. The molecule has 0 fully saturated rings. The number of nitrogens with one attached hydrogen (secondary N) is 2. The minimum Gasteiger partial charge on any atom is -0.480 e. The van der Waals surface area contributed by atoms with Crippen molar-refractivity contribution in [2.24, 2.45) is 0 Å². The van der Waals surface area contributed by atoms with Crippen molar-refractivity contribution in [3.05, 3.63) is 35.4 Å². The average molecular weight is 272 g/mol. The Morgan fingerprint density at radius 3 is 2.58 bits per heavy atom. The first kappa shape index (κ1) is 14.9. The van der Waals surface area contributed by atoms with Crippen LogP contribution >= 0.6 is 0 Å². The summed E-state index contributed by atoms with van der Waals surface area (Å²) < 4.78 is 25.9. The van der Waals surface area contributed by atoms with Crippen LogP contribution in [0.25, 0.3) is 0 Å². The number of urea groups is 1. The van der Waals surface area contributed by atoms with E-state index in [1.54, 1.807) is 6.92 Å². The number of rotatable bonds is 5. The van der Waals surface area contributed by atoms with Gasteiger partial charge in [0, 0.05) is 18.2 Å². The van der Waals surface area contributed by atoms with Crippen molar-refractivity contribution in [2.45, 2.75) is 25.9 Å². The van der Waals surface area contributed by atoms with Crippen LogP contribution in [0.1, 0.15) is 18.9 Å². The molecule has 7 heteroatoms. The fourth-order valence-electron chi connectivity index (χ4n) is 1.39. The lowest BCUT2D eigenvalue weighted by Crippen LogP contribution is -2.45. The molecule has 0 spiro atoms. The molecular weight excluding hydrogens is 258 g/mol. The van der Waals surface area contributed by atoms with Crippen LogP contribution in [0, 0.1) is 11.6 Å². The molecule has 1 atom stereocenters. The van der Waals surface area contributed by atoms with E-state index in [1.807, 2.05) is 0 Å². The van der Waals surface area contributed by atoms with E-state index in [0.29, 0.717) is 6.07 Å². The lowest BCUT2D eigenvalue weighted by atomic mass is 10.2. The minimum absolute atomic E-state index is 0.111. The van der Waals surface area contributed by atoms with Crippen LogP contribution in [0.15, 0.2) is 18.2 Å². The van der Waals surface area contributed by atoms with Gasteiger partial charge in [-0.25, -0.2) is 18.4 Å². The number of hydrogen-bond acceptors (Lipinski definition) is 2. The van der Waals surface area contributed by atoms with Crippen LogP contribution in [-0.2, 0) is 11.3 Å². The number of carboxylic acids is 1. The Morgan fingerprint density at radius 2 is 2.05 bits per heavy atom. The summed E-state index contributed by atoms with van der Waals surface area (Å²) in [6.45, 7) is 1.45. The van der Waals surface area contributed by atoms with Crippen LogP contribution in [-0.4, -0.2) is 23.1 Å². The molecule has 1 rings (SSSR count). The Kier molecular flexibility index (Phi) is 5.23. The summed E-state index contributed by atoms with van der Waals surface area (Å²) in [7, 11) is 0. The van der Waals surface area contributed by atoms with E-state index < -0.39 is 29.7 Å². The van der Waals surface area contributed by atoms with Gasteiger partial charge in [-0.3, -0.25) is 0 Å². The molecule has 104 valence electrons. The largest absolute Gasteiger partial charge is 0.480 e. The molecule has 0 heterocycles. The highest BCUT2D eigenvalue weighted by Crippen LogP contribution is 2.08. The highest BCUT2D eigenvalue weighted by atomic mass is 19.1. The third-order valence-electron chi connectivity index (χ3n) is 2.47. The van der Waals surface area contributed by atoms with E-state index >= 15 is 0 Å². The van der Waals surface area contributed by atoms with E-state index in [1.165, 1.54) is 6.07 Å². The van der Waals surface area contributed by atoms with Gasteiger partial charge in [0.1, 0.15) is 17.7 Å². The Bertz CT molecular complexity index is 480. The second-order valence-electron chi connectivity index (χ2n) is 3.86. The van der Waals surface area contributed by atoms with E-state index in [4.69, 9.17) is 5.11 Å². The first-order valence-electron chi connectivity index (χ1n) is 5.65. The number of aliphatic carboxylic acids is 1. The third-order valence-corrected chi connectivity index (χ3v) is 2.47. The number of halogens is 2. The highest BCUT2D eigenvalue weighted by molar-refractivity contribution is 5.82. The van der Waals surface area contributed by atoms with Gasteiger partial charge in [-0.2, -0.15) is 0 Å². The van der Waals surface area contributed by atoms with Crippen LogP contribution in [0.5, 0.6) is 0 Å². The fraction of sp³-hybridized carbons (Fsp3) is 0.333. The summed E-state index contributed by atoms with van der Waals surface area (Å²) in [4.78, 5) is 22.1. The van der Waals surface area contributed by atoms with Crippen LogP contribution < -0.4 is 10.6 Å². The molecule has 0 aliphatic rings. The van der Waals surface area contributed by atoms with Gasteiger partial charge in [0.2, 0.25) is 0 Å². The molecule has 0 aliphatic heterocycles. The summed E-state index contributed by atoms with van der Waals surface area (Å²) in [5.41, 5.74) is 0.111. The van der Waals surface area contributed by atoms with Crippen molar-refractivity contribution >= 4 is 12.0 Å². The molecule has 0 radical (unpaired) electrons. The van der Waals surface area contributed by atoms with Crippen LogP contribution in [0.4, 0.5) is 13.6 Å². The van der Waals surface area contributed by atoms with Crippen LogP contribution in [0.2, 0.25) is 0 Å². The Labute approximate surface area is 108 Å². The zero-order valence-corrected chi connectivity index (χ0v) is 10.2. The maximum absolute atomic E-state index is 13.3. The van der Waals surface area contributed by atoms with Crippen molar-refractivity contribution in [3.63, 3.8) is 0 Å². The van der Waals surface area contributed by atoms with Gasteiger partial charge in [0.25, 0.3) is 0 Å². The van der Waals surface area contributed by atoms with Gasteiger partial charge < -0.3 is 15.7 Å². The molecule has 3 N–H and O–H groups in total. The molecule has 19 heavy (non-hydrogen) atoms. The van der Waals surface area contributed by atoms with Crippen LogP contribution in [0.3, 0.4) is 0 Å². The van der Waals surface area contributed by atoms with E-state index in [0.717, 1.165) is 6.07 Å². The molecule has 0 bridgehead atoms. The van der Waals surface area contributed by atoms with Gasteiger partial charge in [0.15, 0.2) is 0 Å². The molecule has 0 saturated heterocycles. The zero-order chi connectivity index (χ0) is 14.4. The summed E-state index contributed by atoms with van der Waals surface area (Å²) in [5, 5.41) is 13.3. The second kappa shape index (κ2) is 6.67. The van der Waals surface area contributed by atoms with Gasteiger partial charge in [-0.05, 0) is 12.5 Å². The number of amides is 2. The number of benzene rings is 1. The zero-order valence-electron chi connectivity index (χ0n) is 10.2. The molecule has 0 aromatic heterocycles. The smallest absolute Gasteiger partial charge is 0.326 e. The standard InChI is InChI=1S/C12H14F2N2O3/c1-2-10(11(17)18)16-12(19)15-6-7-3-4-8(13)5-9(7)14/h3-5,10H,2,6H2,1H3,(H,17,18)(H2,15,16,19)/t10-/m1/s1. The summed E-state index contributed by atoms with van der Waals surface area (Å²) in [5.74, 6) is -2.63. The lowest BCUT2D eigenvalue weighted by Gasteiger charge is -2.13. The first-order chi connectivity index (χ1) is 8.93. The maximum atomic E-state index is 13.3. The summed E-state index contributed by atoms with van der Waals surface area (Å²) >= 11 is 0. The third kappa shape index (κ3) is 4.53. The maximum Gasteiger partial charge on any atom is 0.326 e. The fourth-order valence-corrected chi connectivity index (χ4v) is 1.39. The number of carboxylic acid groups (broad SMARTS) is 1. The molecule has 2 amide bonds. The van der Waals surface area contributed by atoms with Crippen molar-refractivity contribution < 1.29 is 23.5 Å². The van der Waals surface area contributed by atoms with Gasteiger partial charge in [-0.1, -0.05) is 13.0 Å². The molecule has 1 aromatic carbocycles. The summed E-state index contributed by atoms with van der Waals surface area (Å²) in [6.07, 6.45) is 0.230. The van der Waals surface area contributed by atoms with Gasteiger partial charge >= 0.3 is 12.0 Å². The topological polar surface area (TPSA) is 78.4 Å². The van der Waals surface area contributed by atoms with Crippen molar-refractivity contribution in [1.82, 2.24) is 10.6 Å². The highest BCUT2D eigenvalue weighted by Gasteiger charge is 2.17. The molecule has 0 aliphatic carbocycles. The van der Waals surface area contributed by atoms with E-state index in [2.05, 4.69) is 10.6 Å². The molecular formula is C12H14F2N2O3. The Balaban J connectivity index is 2.52. The van der Waals surface area contributed by atoms with Crippen molar-refractivity contribution in [3.8, 4) is 0 Å². The molecule has 5 nitrogen and oxygen atoms in total. The monoisotopic (exact) mass is 272 g/mol. The average Bonchev–Trinajstić information content (AvgIpc) is 2.34. The van der Waals surface area contributed by atoms with Crippen molar-refractivity contribution in [2.75, 3.05) is 0 Å².